The average molecular weight is 253 g/mol. The zero-order chi connectivity index (χ0) is 12.3. The van der Waals surface area contributed by atoms with Crippen molar-refractivity contribution in [1.29, 1.82) is 0 Å². The van der Waals surface area contributed by atoms with Crippen molar-refractivity contribution in [3.63, 3.8) is 0 Å². The molecule has 0 radical (unpaired) electrons. The molecule has 2 N–H and O–H groups in total. The van der Waals surface area contributed by atoms with E-state index in [4.69, 9.17) is 11.6 Å². The van der Waals surface area contributed by atoms with E-state index in [0.29, 0.717) is 23.2 Å². The number of benzene rings is 1. The zero-order valence-electron chi connectivity index (χ0n) is 9.92. The predicted molar refractivity (Wildman–Crippen MR) is 69.5 cm³/mol. The molecular weight excluding hydrogens is 236 g/mol. The molecule has 1 saturated heterocycles. The summed E-state index contributed by atoms with van der Waals surface area (Å²) in [7, 11) is 0. The maximum absolute atomic E-state index is 11.9. The van der Waals surface area contributed by atoms with Gasteiger partial charge in [0.15, 0.2) is 0 Å². The van der Waals surface area contributed by atoms with Crippen molar-refractivity contribution in [3.8, 4) is 0 Å². The highest BCUT2D eigenvalue weighted by molar-refractivity contribution is 6.31. The summed E-state index contributed by atoms with van der Waals surface area (Å²) < 4.78 is 0. The van der Waals surface area contributed by atoms with Crippen LogP contribution in [-0.2, 0) is 0 Å². The van der Waals surface area contributed by atoms with Gasteiger partial charge in [0.05, 0.1) is 0 Å². The fraction of sp³-hybridized carbons (Fsp3) is 0.462. The third kappa shape index (κ3) is 3.45. The number of aryl methyl sites for hydroxylation is 1. The molecule has 1 atom stereocenters. The molecule has 1 unspecified atom stereocenters. The molecule has 1 aliphatic rings. The topological polar surface area (TPSA) is 41.1 Å². The summed E-state index contributed by atoms with van der Waals surface area (Å²) in [5.41, 5.74) is 1.63. The van der Waals surface area contributed by atoms with Crippen molar-refractivity contribution in [2.45, 2.75) is 25.8 Å². The van der Waals surface area contributed by atoms with Gasteiger partial charge in [-0.25, -0.2) is 0 Å². The molecule has 0 saturated carbocycles. The Hall–Kier alpha value is -1.06. The average Bonchev–Trinajstić information content (AvgIpc) is 2.77. The van der Waals surface area contributed by atoms with E-state index in [1.54, 1.807) is 6.07 Å². The molecule has 1 heterocycles. The molecule has 4 heteroatoms. The van der Waals surface area contributed by atoms with E-state index in [9.17, 15) is 4.79 Å². The normalized spacial score (nSPS) is 19.3. The van der Waals surface area contributed by atoms with Crippen LogP contribution < -0.4 is 10.6 Å². The minimum absolute atomic E-state index is 0.0516. The number of carbonyl (C=O) groups excluding carboxylic acids is 1. The molecule has 92 valence electrons. The smallest absolute Gasteiger partial charge is 0.251 e. The second-order valence-corrected chi connectivity index (χ2v) is 4.96. The highest BCUT2D eigenvalue weighted by Crippen LogP contribution is 2.14. The molecule has 1 amide bonds. The first-order chi connectivity index (χ1) is 8.15. The number of halogens is 1. The fourth-order valence-electron chi connectivity index (χ4n) is 2.12. The van der Waals surface area contributed by atoms with Crippen molar-refractivity contribution in [3.05, 3.63) is 34.3 Å². The van der Waals surface area contributed by atoms with Crippen LogP contribution in [0.3, 0.4) is 0 Å². The Labute approximate surface area is 107 Å². The Bertz CT molecular complexity index is 394. The van der Waals surface area contributed by atoms with Gasteiger partial charge >= 0.3 is 0 Å². The zero-order valence-corrected chi connectivity index (χ0v) is 10.7. The number of amides is 1. The largest absolute Gasteiger partial charge is 0.350 e. The lowest BCUT2D eigenvalue weighted by atomic mass is 10.1. The summed E-state index contributed by atoms with van der Waals surface area (Å²) in [6.45, 7) is 3.67. The molecule has 0 aliphatic carbocycles. The first-order valence-electron chi connectivity index (χ1n) is 5.94. The monoisotopic (exact) mass is 252 g/mol. The highest BCUT2D eigenvalue weighted by Gasteiger charge is 2.15. The second-order valence-electron chi connectivity index (χ2n) is 4.52. The van der Waals surface area contributed by atoms with Crippen LogP contribution in [0.25, 0.3) is 0 Å². The Morgan fingerprint density at radius 2 is 2.35 bits per heavy atom. The predicted octanol–water partition coefficient (Wildman–Crippen LogP) is 2.13. The van der Waals surface area contributed by atoms with Crippen molar-refractivity contribution in [2.75, 3.05) is 13.1 Å². The van der Waals surface area contributed by atoms with Gasteiger partial charge in [0, 0.05) is 23.2 Å². The first kappa shape index (κ1) is 12.4. The Morgan fingerprint density at radius 3 is 3.00 bits per heavy atom. The molecule has 1 aliphatic heterocycles. The number of carbonyl (C=O) groups is 1. The van der Waals surface area contributed by atoms with Gasteiger partial charge in [-0.1, -0.05) is 11.6 Å². The minimum Gasteiger partial charge on any atom is -0.350 e. The molecule has 1 aromatic carbocycles. The molecule has 0 aromatic heterocycles. The lowest BCUT2D eigenvalue weighted by Gasteiger charge is -2.11. The first-order valence-corrected chi connectivity index (χ1v) is 6.32. The van der Waals surface area contributed by atoms with E-state index in [-0.39, 0.29) is 5.91 Å². The molecule has 3 nitrogen and oxygen atoms in total. The molecule has 2 rings (SSSR count). The van der Waals surface area contributed by atoms with Gasteiger partial charge < -0.3 is 10.6 Å². The summed E-state index contributed by atoms with van der Waals surface area (Å²) in [6.07, 6.45) is 2.33. The molecule has 0 spiro atoms. The molecule has 0 bridgehead atoms. The fourth-order valence-corrected chi connectivity index (χ4v) is 2.41. The van der Waals surface area contributed by atoms with Crippen molar-refractivity contribution in [2.24, 2.45) is 0 Å². The lowest BCUT2D eigenvalue weighted by molar-refractivity contribution is 0.0950. The van der Waals surface area contributed by atoms with Gasteiger partial charge in [-0.3, -0.25) is 4.79 Å². The van der Waals surface area contributed by atoms with Crippen molar-refractivity contribution >= 4 is 17.5 Å². The van der Waals surface area contributed by atoms with Crippen molar-refractivity contribution < 1.29 is 4.79 Å². The van der Waals surface area contributed by atoms with E-state index in [1.807, 2.05) is 19.1 Å². The second kappa shape index (κ2) is 5.52. The van der Waals surface area contributed by atoms with E-state index >= 15 is 0 Å². The van der Waals surface area contributed by atoms with Crippen LogP contribution in [0.4, 0.5) is 0 Å². The Kier molecular flexibility index (Phi) is 4.02. The van der Waals surface area contributed by atoms with Crippen LogP contribution in [0.15, 0.2) is 18.2 Å². The van der Waals surface area contributed by atoms with Crippen molar-refractivity contribution in [1.82, 2.24) is 10.6 Å². The van der Waals surface area contributed by atoms with E-state index in [2.05, 4.69) is 10.6 Å². The van der Waals surface area contributed by atoms with Crippen LogP contribution >= 0.6 is 11.6 Å². The number of nitrogens with one attached hydrogen (secondary N) is 2. The highest BCUT2D eigenvalue weighted by atomic mass is 35.5. The maximum atomic E-state index is 11.9. The molecular formula is C13H17ClN2O. The summed E-state index contributed by atoms with van der Waals surface area (Å²) >= 11 is 5.93. The SMILES string of the molecule is Cc1cc(Cl)cc(C(=O)NCC2CCCN2)c1. The van der Waals surface area contributed by atoms with Gasteiger partial charge in [-0.05, 0) is 50.1 Å². The van der Waals surface area contributed by atoms with E-state index < -0.39 is 0 Å². The van der Waals surface area contributed by atoms with Crippen LogP contribution in [0.2, 0.25) is 5.02 Å². The van der Waals surface area contributed by atoms with Gasteiger partial charge in [-0.15, -0.1) is 0 Å². The van der Waals surface area contributed by atoms with Crippen LogP contribution in [0, 0.1) is 6.92 Å². The third-order valence-electron chi connectivity index (χ3n) is 2.98. The number of hydrogen-bond donors (Lipinski definition) is 2. The van der Waals surface area contributed by atoms with E-state index in [1.165, 1.54) is 6.42 Å². The summed E-state index contributed by atoms with van der Waals surface area (Å²) in [4.78, 5) is 11.9. The lowest BCUT2D eigenvalue weighted by Crippen LogP contribution is -2.37. The minimum atomic E-state index is -0.0516. The number of rotatable bonds is 3. The molecule has 1 fully saturated rings. The summed E-state index contributed by atoms with van der Waals surface area (Å²) in [5.74, 6) is -0.0516. The molecule has 1 aromatic rings. The molecule has 17 heavy (non-hydrogen) atoms. The maximum Gasteiger partial charge on any atom is 0.251 e. The quantitative estimate of drug-likeness (QED) is 0.865. The standard InChI is InChI=1S/C13H17ClN2O/c1-9-5-10(7-11(14)6-9)13(17)16-8-12-3-2-4-15-12/h5-7,12,15H,2-4,8H2,1H3,(H,16,17). The van der Waals surface area contributed by atoms with Gasteiger partial charge in [-0.2, -0.15) is 0 Å². The van der Waals surface area contributed by atoms with E-state index in [0.717, 1.165) is 18.5 Å². The van der Waals surface area contributed by atoms with Gasteiger partial charge in [0.25, 0.3) is 5.91 Å². The Morgan fingerprint density at radius 1 is 1.53 bits per heavy atom. The third-order valence-corrected chi connectivity index (χ3v) is 3.19. The van der Waals surface area contributed by atoms with Gasteiger partial charge in [0.2, 0.25) is 0 Å². The summed E-state index contributed by atoms with van der Waals surface area (Å²) in [6, 6.07) is 5.81. The van der Waals surface area contributed by atoms with Gasteiger partial charge in [0.1, 0.15) is 0 Å². The Balaban J connectivity index is 1.94. The van der Waals surface area contributed by atoms with Crippen LogP contribution in [0.1, 0.15) is 28.8 Å². The van der Waals surface area contributed by atoms with Crippen LogP contribution in [-0.4, -0.2) is 25.0 Å². The summed E-state index contributed by atoms with van der Waals surface area (Å²) in [5, 5.41) is 6.89. The number of hydrogen-bond acceptors (Lipinski definition) is 2. The van der Waals surface area contributed by atoms with Crippen LogP contribution in [0.5, 0.6) is 0 Å².